The van der Waals surface area contributed by atoms with E-state index in [0.29, 0.717) is 13.1 Å². The molecule has 0 radical (unpaired) electrons. The van der Waals surface area contributed by atoms with E-state index in [1.165, 1.54) is 12.1 Å². The van der Waals surface area contributed by atoms with Crippen molar-refractivity contribution in [1.29, 1.82) is 0 Å². The summed E-state index contributed by atoms with van der Waals surface area (Å²) in [4.78, 5) is 24.1. The van der Waals surface area contributed by atoms with Crippen LogP contribution in [0.15, 0.2) is 24.3 Å². The van der Waals surface area contributed by atoms with Crippen molar-refractivity contribution in [2.24, 2.45) is 0 Å². The van der Waals surface area contributed by atoms with Crippen LogP contribution in [0, 0.1) is 10.1 Å². The van der Waals surface area contributed by atoms with Gasteiger partial charge in [0.05, 0.1) is 11.5 Å². The average molecular weight is 278 g/mol. The fourth-order valence-corrected chi connectivity index (χ4v) is 2.11. The fraction of sp³-hybridized carbons (Fsp3) is 0.462. The number of non-ortho nitro benzene ring substituents is 1. The number of nitro benzene ring substituents is 1. The molecule has 1 saturated heterocycles. The van der Waals surface area contributed by atoms with Gasteiger partial charge < -0.3 is 10.6 Å². The van der Waals surface area contributed by atoms with E-state index in [4.69, 9.17) is 0 Å². The number of rotatable bonds is 5. The minimum Gasteiger partial charge on any atom is -0.351 e. The van der Waals surface area contributed by atoms with Gasteiger partial charge in [0.25, 0.3) is 5.69 Å². The Balaban J connectivity index is 1.80. The molecule has 2 N–H and O–H groups in total. The molecule has 0 aliphatic carbocycles. The van der Waals surface area contributed by atoms with Crippen LogP contribution < -0.4 is 10.6 Å². The number of nitro groups is 1. The van der Waals surface area contributed by atoms with Gasteiger partial charge in [-0.05, 0) is 5.56 Å². The van der Waals surface area contributed by atoms with E-state index >= 15 is 0 Å². The van der Waals surface area contributed by atoms with Crippen LogP contribution in [0.25, 0.3) is 0 Å². The molecule has 1 aromatic rings. The highest BCUT2D eigenvalue weighted by Gasteiger charge is 2.13. The number of amides is 1. The highest BCUT2D eigenvalue weighted by molar-refractivity contribution is 5.78. The molecular formula is C13H18N4O3. The Morgan fingerprint density at radius 1 is 1.40 bits per heavy atom. The van der Waals surface area contributed by atoms with Crippen LogP contribution in [0.1, 0.15) is 5.56 Å². The second-order valence-electron chi connectivity index (χ2n) is 4.73. The molecule has 20 heavy (non-hydrogen) atoms. The molecule has 0 aromatic heterocycles. The van der Waals surface area contributed by atoms with E-state index < -0.39 is 4.92 Å². The lowest BCUT2D eigenvalue weighted by Crippen LogP contribution is -2.47. The van der Waals surface area contributed by atoms with Gasteiger partial charge in [0.15, 0.2) is 0 Å². The topological polar surface area (TPSA) is 87.5 Å². The summed E-state index contributed by atoms with van der Waals surface area (Å²) in [6, 6.07) is 6.30. The second kappa shape index (κ2) is 6.97. The number of nitrogens with zero attached hydrogens (tertiary/aromatic N) is 2. The van der Waals surface area contributed by atoms with Crippen LogP contribution in [0.2, 0.25) is 0 Å². The van der Waals surface area contributed by atoms with Crippen LogP contribution >= 0.6 is 0 Å². The van der Waals surface area contributed by atoms with Crippen molar-refractivity contribution in [3.8, 4) is 0 Å². The third-order valence-electron chi connectivity index (χ3n) is 3.19. The Morgan fingerprint density at radius 3 is 2.85 bits per heavy atom. The Hall–Kier alpha value is -1.99. The molecule has 0 saturated carbocycles. The normalized spacial score (nSPS) is 15.8. The number of carbonyl (C=O) groups is 1. The molecule has 1 aliphatic heterocycles. The summed E-state index contributed by atoms with van der Waals surface area (Å²) in [6.07, 6.45) is 0. The summed E-state index contributed by atoms with van der Waals surface area (Å²) >= 11 is 0. The molecule has 1 aromatic carbocycles. The lowest BCUT2D eigenvalue weighted by atomic mass is 10.2. The van der Waals surface area contributed by atoms with Gasteiger partial charge in [-0.25, -0.2) is 0 Å². The Labute approximate surface area is 117 Å². The van der Waals surface area contributed by atoms with Gasteiger partial charge in [-0.1, -0.05) is 12.1 Å². The number of hydrogen-bond donors (Lipinski definition) is 2. The lowest BCUT2D eigenvalue weighted by molar-refractivity contribution is -0.384. The summed E-state index contributed by atoms with van der Waals surface area (Å²) in [7, 11) is 0. The molecular weight excluding hydrogens is 260 g/mol. The van der Waals surface area contributed by atoms with Crippen LogP contribution in [0.3, 0.4) is 0 Å². The number of benzene rings is 1. The monoisotopic (exact) mass is 278 g/mol. The highest BCUT2D eigenvalue weighted by atomic mass is 16.6. The number of nitrogens with one attached hydrogen (secondary N) is 2. The molecule has 0 unspecified atom stereocenters. The molecule has 1 heterocycles. The van der Waals surface area contributed by atoms with Crippen molar-refractivity contribution in [3.63, 3.8) is 0 Å². The van der Waals surface area contributed by atoms with Gasteiger partial charge in [-0.2, -0.15) is 0 Å². The number of piperazine rings is 1. The van der Waals surface area contributed by atoms with Crippen molar-refractivity contribution >= 4 is 11.6 Å². The molecule has 108 valence electrons. The van der Waals surface area contributed by atoms with Gasteiger partial charge in [-0.3, -0.25) is 19.8 Å². The summed E-state index contributed by atoms with van der Waals surface area (Å²) in [5, 5.41) is 16.7. The van der Waals surface area contributed by atoms with Gasteiger partial charge in [-0.15, -0.1) is 0 Å². The van der Waals surface area contributed by atoms with Gasteiger partial charge in [0, 0.05) is 44.9 Å². The van der Waals surface area contributed by atoms with E-state index in [2.05, 4.69) is 15.5 Å². The third-order valence-corrected chi connectivity index (χ3v) is 3.19. The second-order valence-corrected chi connectivity index (χ2v) is 4.73. The Morgan fingerprint density at radius 2 is 2.15 bits per heavy atom. The quantitative estimate of drug-likeness (QED) is 0.590. The minimum absolute atomic E-state index is 0.0406. The molecule has 0 atom stereocenters. The zero-order chi connectivity index (χ0) is 14.4. The SMILES string of the molecule is O=C(CN1CCNCC1)NCc1cccc([N+](=O)[O-])c1. The predicted octanol–water partition coefficient (Wildman–Crippen LogP) is 0.116. The van der Waals surface area contributed by atoms with Crippen LogP contribution in [-0.2, 0) is 11.3 Å². The molecule has 1 fully saturated rings. The predicted molar refractivity (Wildman–Crippen MR) is 74.3 cm³/mol. The Kier molecular flexibility index (Phi) is 5.03. The standard InChI is InChI=1S/C13H18N4O3/c18-13(10-16-6-4-14-5-7-16)15-9-11-2-1-3-12(8-11)17(19)20/h1-3,8,14H,4-7,9-10H2,(H,15,18). The molecule has 0 spiro atoms. The first-order valence-corrected chi connectivity index (χ1v) is 6.58. The lowest BCUT2D eigenvalue weighted by Gasteiger charge is -2.26. The Bertz CT molecular complexity index is 486. The van der Waals surface area contributed by atoms with E-state index in [9.17, 15) is 14.9 Å². The van der Waals surface area contributed by atoms with Crippen molar-refractivity contribution in [2.45, 2.75) is 6.54 Å². The maximum atomic E-state index is 11.8. The summed E-state index contributed by atoms with van der Waals surface area (Å²) in [5.41, 5.74) is 0.770. The van der Waals surface area contributed by atoms with Gasteiger partial charge >= 0.3 is 0 Å². The van der Waals surface area contributed by atoms with E-state index in [1.807, 2.05) is 0 Å². The average Bonchev–Trinajstić information content (AvgIpc) is 2.46. The number of hydrogen-bond acceptors (Lipinski definition) is 5. The zero-order valence-electron chi connectivity index (χ0n) is 11.2. The van der Waals surface area contributed by atoms with E-state index in [1.54, 1.807) is 12.1 Å². The van der Waals surface area contributed by atoms with Gasteiger partial charge in [0.2, 0.25) is 5.91 Å². The largest absolute Gasteiger partial charge is 0.351 e. The van der Waals surface area contributed by atoms with Crippen LogP contribution in [0.4, 0.5) is 5.69 Å². The molecule has 7 nitrogen and oxygen atoms in total. The van der Waals surface area contributed by atoms with Crippen molar-refractivity contribution in [3.05, 3.63) is 39.9 Å². The molecule has 1 aliphatic rings. The summed E-state index contributed by atoms with van der Waals surface area (Å²) in [6.45, 7) is 4.22. The smallest absolute Gasteiger partial charge is 0.269 e. The summed E-state index contributed by atoms with van der Waals surface area (Å²) < 4.78 is 0. The van der Waals surface area contributed by atoms with Crippen LogP contribution in [0.5, 0.6) is 0 Å². The van der Waals surface area contributed by atoms with Crippen LogP contribution in [-0.4, -0.2) is 48.5 Å². The molecule has 7 heteroatoms. The highest BCUT2D eigenvalue weighted by Crippen LogP contribution is 2.12. The molecule has 0 bridgehead atoms. The summed E-state index contributed by atoms with van der Waals surface area (Å²) in [5.74, 6) is -0.0570. The molecule has 1 amide bonds. The van der Waals surface area contributed by atoms with E-state index in [-0.39, 0.29) is 11.6 Å². The van der Waals surface area contributed by atoms with Crippen molar-refractivity contribution < 1.29 is 9.72 Å². The maximum absolute atomic E-state index is 11.8. The zero-order valence-corrected chi connectivity index (χ0v) is 11.2. The van der Waals surface area contributed by atoms with E-state index in [0.717, 1.165) is 31.7 Å². The maximum Gasteiger partial charge on any atom is 0.269 e. The molecule has 2 rings (SSSR count). The van der Waals surface area contributed by atoms with Crippen molar-refractivity contribution in [1.82, 2.24) is 15.5 Å². The third kappa shape index (κ3) is 4.29. The fourth-order valence-electron chi connectivity index (χ4n) is 2.11. The first-order valence-electron chi connectivity index (χ1n) is 6.58. The number of carbonyl (C=O) groups excluding carboxylic acids is 1. The first kappa shape index (κ1) is 14.4. The van der Waals surface area contributed by atoms with Gasteiger partial charge in [0.1, 0.15) is 0 Å². The minimum atomic E-state index is -0.438. The van der Waals surface area contributed by atoms with Crippen molar-refractivity contribution in [2.75, 3.05) is 32.7 Å². The first-order chi connectivity index (χ1) is 9.65.